The number of hydrogen-bond acceptors (Lipinski definition) is 4. The van der Waals surface area contributed by atoms with Crippen LogP contribution in [-0.4, -0.2) is 66.7 Å². The van der Waals surface area contributed by atoms with Gasteiger partial charge < -0.3 is 15.0 Å². The van der Waals surface area contributed by atoms with Crippen LogP contribution in [0, 0.1) is 0 Å². The van der Waals surface area contributed by atoms with Crippen LogP contribution < -0.4 is 5.32 Å². The Hall–Kier alpha value is -1.56. The van der Waals surface area contributed by atoms with Gasteiger partial charge in [-0.05, 0) is 41.7 Å². The lowest BCUT2D eigenvalue weighted by atomic mass is 10.1. The predicted octanol–water partition coefficient (Wildman–Crippen LogP) is 1.62. The molecule has 2 amide bonds. The fraction of sp³-hybridized carbons (Fsp3) is 0.750. The Morgan fingerprint density at radius 2 is 1.91 bits per heavy atom. The Bertz CT molecular complexity index is 436. The van der Waals surface area contributed by atoms with Gasteiger partial charge in [-0.1, -0.05) is 5.57 Å². The van der Waals surface area contributed by atoms with Gasteiger partial charge >= 0.3 is 6.09 Å². The summed E-state index contributed by atoms with van der Waals surface area (Å²) in [7, 11) is 2.00. The molecule has 1 heterocycles. The number of hydrogen-bond donors (Lipinski definition) is 1. The number of ether oxygens (including phenoxy) is 1. The van der Waals surface area contributed by atoms with Crippen molar-refractivity contribution in [1.82, 2.24) is 15.1 Å². The van der Waals surface area contributed by atoms with Gasteiger partial charge in [0.2, 0.25) is 5.91 Å². The van der Waals surface area contributed by atoms with E-state index in [9.17, 15) is 9.59 Å². The summed E-state index contributed by atoms with van der Waals surface area (Å²) in [5.41, 5.74) is 0.470. The molecule has 6 nitrogen and oxygen atoms in total. The first-order chi connectivity index (χ1) is 10.1. The van der Waals surface area contributed by atoms with Crippen molar-refractivity contribution in [2.45, 2.75) is 46.3 Å². The third-order valence-electron chi connectivity index (χ3n) is 3.36. The van der Waals surface area contributed by atoms with E-state index in [1.165, 1.54) is 0 Å². The summed E-state index contributed by atoms with van der Waals surface area (Å²) >= 11 is 0. The summed E-state index contributed by atoms with van der Waals surface area (Å²) in [6, 6.07) is 0.0933. The van der Waals surface area contributed by atoms with Crippen LogP contribution in [0.15, 0.2) is 11.6 Å². The summed E-state index contributed by atoms with van der Waals surface area (Å²) in [5.74, 6) is -0.0946. The molecule has 1 aliphatic rings. The fourth-order valence-corrected chi connectivity index (χ4v) is 2.19. The first kappa shape index (κ1) is 18.5. The quantitative estimate of drug-likeness (QED) is 0.805. The molecular weight excluding hydrogens is 282 g/mol. The Balaban J connectivity index is 2.55. The van der Waals surface area contributed by atoms with Gasteiger partial charge in [-0.3, -0.25) is 9.69 Å². The molecule has 1 saturated heterocycles. The lowest BCUT2D eigenvalue weighted by Crippen LogP contribution is -2.57. The molecule has 0 aliphatic carbocycles. The highest BCUT2D eigenvalue weighted by Crippen LogP contribution is 2.13. The molecule has 0 bridgehead atoms. The summed E-state index contributed by atoms with van der Waals surface area (Å²) in [4.78, 5) is 27.7. The Morgan fingerprint density at radius 1 is 1.27 bits per heavy atom. The monoisotopic (exact) mass is 311 g/mol. The van der Waals surface area contributed by atoms with E-state index in [0.717, 1.165) is 12.1 Å². The molecule has 1 aliphatic heterocycles. The van der Waals surface area contributed by atoms with E-state index < -0.39 is 5.60 Å². The van der Waals surface area contributed by atoms with Crippen LogP contribution in [0.25, 0.3) is 0 Å². The van der Waals surface area contributed by atoms with Gasteiger partial charge in [-0.25, -0.2) is 4.79 Å². The standard InChI is InChI=1S/C16H29N3O3/c1-12(2)9-14(20)17-10-13-11-19(8-7-18(13)6)15(21)22-16(3,4)5/h9,13H,7-8,10-11H2,1-6H3,(H,17,20)/t13-/m1/s1. The Labute approximate surface area is 133 Å². The average Bonchev–Trinajstić information content (AvgIpc) is 2.34. The molecule has 0 unspecified atom stereocenters. The summed E-state index contributed by atoms with van der Waals surface area (Å²) in [6.45, 7) is 11.8. The zero-order chi connectivity index (χ0) is 16.9. The average molecular weight is 311 g/mol. The molecule has 6 heteroatoms. The number of piperazine rings is 1. The fourth-order valence-electron chi connectivity index (χ4n) is 2.19. The van der Waals surface area contributed by atoms with E-state index in [1.807, 2.05) is 41.7 Å². The van der Waals surface area contributed by atoms with Gasteiger partial charge in [0, 0.05) is 38.3 Å². The van der Waals surface area contributed by atoms with Crippen molar-refractivity contribution in [2.75, 3.05) is 33.2 Å². The zero-order valence-corrected chi connectivity index (χ0v) is 14.6. The maximum Gasteiger partial charge on any atom is 0.410 e. The molecule has 126 valence electrons. The number of rotatable bonds is 3. The van der Waals surface area contributed by atoms with Crippen LogP contribution in [0.1, 0.15) is 34.6 Å². The molecule has 1 N–H and O–H groups in total. The number of carbonyl (C=O) groups excluding carboxylic acids is 2. The molecule has 0 aromatic carbocycles. The van der Waals surface area contributed by atoms with E-state index in [1.54, 1.807) is 11.0 Å². The molecule has 1 atom stereocenters. The minimum absolute atomic E-state index is 0.0933. The summed E-state index contributed by atoms with van der Waals surface area (Å²) < 4.78 is 5.41. The zero-order valence-electron chi connectivity index (χ0n) is 14.6. The van der Waals surface area contributed by atoms with Gasteiger partial charge in [0.05, 0.1) is 0 Å². The van der Waals surface area contributed by atoms with Gasteiger partial charge in [0.25, 0.3) is 0 Å². The molecule has 22 heavy (non-hydrogen) atoms. The SMILES string of the molecule is CC(C)=CC(=O)NC[C@@H]1CN(C(=O)OC(C)(C)C)CCN1C. The topological polar surface area (TPSA) is 61.9 Å². The van der Waals surface area contributed by atoms with Crippen molar-refractivity contribution in [3.05, 3.63) is 11.6 Å². The second-order valence-electron chi connectivity index (χ2n) is 7.03. The van der Waals surface area contributed by atoms with Crippen LogP contribution in [-0.2, 0) is 9.53 Å². The highest BCUT2D eigenvalue weighted by molar-refractivity contribution is 5.88. The Kier molecular flexibility index (Phi) is 6.41. The summed E-state index contributed by atoms with van der Waals surface area (Å²) in [5, 5.41) is 2.89. The molecular formula is C16H29N3O3. The van der Waals surface area contributed by atoms with Crippen LogP contribution in [0.3, 0.4) is 0 Å². The Morgan fingerprint density at radius 3 is 2.45 bits per heavy atom. The smallest absolute Gasteiger partial charge is 0.410 e. The van der Waals surface area contributed by atoms with E-state index in [0.29, 0.717) is 19.6 Å². The predicted molar refractivity (Wildman–Crippen MR) is 86.7 cm³/mol. The molecule has 0 aromatic heterocycles. The normalized spacial score (nSPS) is 19.5. The highest BCUT2D eigenvalue weighted by atomic mass is 16.6. The van der Waals surface area contributed by atoms with Crippen LogP contribution in [0.2, 0.25) is 0 Å². The number of allylic oxidation sites excluding steroid dienone is 1. The van der Waals surface area contributed by atoms with Gasteiger partial charge in [0.1, 0.15) is 5.60 Å². The number of nitrogens with zero attached hydrogens (tertiary/aromatic N) is 2. The van der Waals surface area contributed by atoms with Gasteiger partial charge in [0.15, 0.2) is 0 Å². The first-order valence-electron chi connectivity index (χ1n) is 7.69. The van der Waals surface area contributed by atoms with Gasteiger partial charge in [-0.15, -0.1) is 0 Å². The number of carbonyl (C=O) groups is 2. The second kappa shape index (κ2) is 7.63. The van der Waals surface area contributed by atoms with E-state index >= 15 is 0 Å². The maximum atomic E-state index is 12.1. The number of amides is 2. The second-order valence-corrected chi connectivity index (χ2v) is 7.03. The molecule has 0 aromatic rings. The van der Waals surface area contributed by atoms with Crippen LogP contribution in [0.5, 0.6) is 0 Å². The number of nitrogens with one attached hydrogen (secondary N) is 1. The lowest BCUT2D eigenvalue weighted by molar-refractivity contribution is -0.116. The molecule has 1 fully saturated rings. The third kappa shape index (κ3) is 6.47. The van der Waals surface area contributed by atoms with Crippen LogP contribution in [0.4, 0.5) is 4.79 Å². The molecule has 0 radical (unpaired) electrons. The maximum absolute atomic E-state index is 12.1. The van der Waals surface area contributed by atoms with Crippen molar-refractivity contribution < 1.29 is 14.3 Å². The van der Waals surface area contributed by atoms with Crippen molar-refractivity contribution in [2.24, 2.45) is 0 Å². The van der Waals surface area contributed by atoms with Gasteiger partial charge in [-0.2, -0.15) is 0 Å². The molecule has 1 rings (SSSR count). The lowest BCUT2D eigenvalue weighted by Gasteiger charge is -2.39. The van der Waals surface area contributed by atoms with E-state index in [-0.39, 0.29) is 18.0 Å². The third-order valence-corrected chi connectivity index (χ3v) is 3.36. The van der Waals surface area contributed by atoms with Crippen molar-refractivity contribution >= 4 is 12.0 Å². The van der Waals surface area contributed by atoms with Crippen LogP contribution >= 0.6 is 0 Å². The summed E-state index contributed by atoms with van der Waals surface area (Å²) in [6.07, 6.45) is 1.29. The largest absolute Gasteiger partial charge is 0.444 e. The molecule has 0 saturated carbocycles. The first-order valence-corrected chi connectivity index (χ1v) is 7.69. The van der Waals surface area contributed by atoms with Crippen molar-refractivity contribution in [1.29, 1.82) is 0 Å². The highest BCUT2D eigenvalue weighted by Gasteiger charge is 2.30. The van der Waals surface area contributed by atoms with Crippen molar-refractivity contribution in [3.8, 4) is 0 Å². The molecule has 0 spiro atoms. The van der Waals surface area contributed by atoms with Crippen molar-refractivity contribution in [3.63, 3.8) is 0 Å². The number of likely N-dealkylation sites (N-methyl/N-ethyl adjacent to an activating group) is 1. The van der Waals surface area contributed by atoms with E-state index in [2.05, 4.69) is 10.2 Å². The van der Waals surface area contributed by atoms with E-state index in [4.69, 9.17) is 4.74 Å². The minimum atomic E-state index is -0.492. The minimum Gasteiger partial charge on any atom is -0.444 e.